The van der Waals surface area contributed by atoms with E-state index in [2.05, 4.69) is 0 Å². The van der Waals surface area contributed by atoms with Gasteiger partial charge in [0, 0.05) is 13.4 Å². The van der Waals surface area contributed by atoms with E-state index in [0.717, 1.165) is 6.26 Å². The second-order valence-corrected chi connectivity index (χ2v) is 6.54. The number of ether oxygens (including phenoxy) is 1. The highest BCUT2D eigenvalue weighted by Crippen LogP contribution is 2.41. The largest absolute Gasteiger partial charge is 0.481 e. The van der Waals surface area contributed by atoms with Gasteiger partial charge in [0.25, 0.3) is 0 Å². The fourth-order valence-corrected chi connectivity index (χ4v) is 3.27. The van der Waals surface area contributed by atoms with E-state index < -0.39 is 26.5 Å². The molecule has 1 fully saturated rings. The van der Waals surface area contributed by atoms with Crippen molar-refractivity contribution >= 4 is 15.8 Å². The molecular weight excluding hydrogens is 220 g/mol. The van der Waals surface area contributed by atoms with Gasteiger partial charge in [-0.05, 0) is 19.3 Å². The zero-order chi connectivity index (χ0) is 11.7. The van der Waals surface area contributed by atoms with Crippen LogP contribution < -0.4 is 0 Å². The first-order valence-corrected chi connectivity index (χ1v) is 6.68. The van der Waals surface area contributed by atoms with E-state index in [4.69, 9.17) is 9.84 Å². The Morgan fingerprint density at radius 1 is 1.60 bits per heavy atom. The van der Waals surface area contributed by atoms with Crippen LogP contribution in [0.25, 0.3) is 0 Å². The van der Waals surface area contributed by atoms with Gasteiger partial charge in [0.1, 0.15) is 9.84 Å². The molecule has 0 aromatic heterocycles. The SMILES string of the molecule is COC[C@@]1(C(=O)O)CC[C@@H](S(C)(=O)=O)C1. The standard InChI is InChI=1S/C9H16O5S/c1-14-6-9(8(10)11)4-3-7(5-9)15(2,12)13/h7H,3-6H2,1-2H3,(H,10,11)/t7-,9-/m1/s1. The maximum atomic E-state index is 11.3. The normalized spacial score (nSPS) is 31.7. The van der Waals surface area contributed by atoms with Crippen molar-refractivity contribution in [1.29, 1.82) is 0 Å². The van der Waals surface area contributed by atoms with E-state index in [-0.39, 0.29) is 13.0 Å². The van der Waals surface area contributed by atoms with Crippen molar-refractivity contribution in [3.8, 4) is 0 Å². The van der Waals surface area contributed by atoms with Crippen LogP contribution in [0.2, 0.25) is 0 Å². The van der Waals surface area contributed by atoms with E-state index in [1.807, 2.05) is 0 Å². The number of hydrogen-bond acceptors (Lipinski definition) is 4. The molecule has 0 aromatic rings. The summed E-state index contributed by atoms with van der Waals surface area (Å²) < 4.78 is 27.5. The molecule has 0 heterocycles. The molecule has 0 aromatic carbocycles. The van der Waals surface area contributed by atoms with Gasteiger partial charge in [0.2, 0.25) is 0 Å². The van der Waals surface area contributed by atoms with Crippen LogP contribution in [0.15, 0.2) is 0 Å². The van der Waals surface area contributed by atoms with Crippen molar-refractivity contribution in [2.45, 2.75) is 24.5 Å². The van der Waals surface area contributed by atoms with Gasteiger partial charge in [-0.2, -0.15) is 0 Å². The summed E-state index contributed by atoms with van der Waals surface area (Å²) in [6.07, 6.45) is 2.10. The summed E-state index contributed by atoms with van der Waals surface area (Å²) in [5, 5.41) is 8.57. The molecular formula is C9H16O5S. The number of carbonyl (C=O) groups is 1. The fraction of sp³-hybridized carbons (Fsp3) is 0.889. The first-order valence-electron chi connectivity index (χ1n) is 4.73. The van der Waals surface area contributed by atoms with Crippen molar-refractivity contribution in [1.82, 2.24) is 0 Å². The summed E-state index contributed by atoms with van der Waals surface area (Å²) in [6, 6.07) is 0. The van der Waals surface area contributed by atoms with Crippen molar-refractivity contribution < 1.29 is 23.1 Å². The molecule has 2 atom stereocenters. The number of aliphatic carboxylic acids is 1. The van der Waals surface area contributed by atoms with Gasteiger partial charge in [-0.3, -0.25) is 4.79 Å². The van der Waals surface area contributed by atoms with Gasteiger partial charge in [0.05, 0.1) is 17.3 Å². The lowest BCUT2D eigenvalue weighted by molar-refractivity contribution is -0.151. The minimum atomic E-state index is -3.14. The fourth-order valence-electron chi connectivity index (χ4n) is 2.11. The molecule has 1 rings (SSSR count). The van der Waals surface area contributed by atoms with E-state index in [1.165, 1.54) is 7.11 Å². The van der Waals surface area contributed by atoms with Crippen LogP contribution in [0.3, 0.4) is 0 Å². The lowest BCUT2D eigenvalue weighted by atomic mass is 9.87. The van der Waals surface area contributed by atoms with Crippen LogP contribution in [0.1, 0.15) is 19.3 Å². The maximum Gasteiger partial charge on any atom is 0.312 e. The lowest BCUT2D eigenvalue weighted by Crippen LogP contribution is -2.34. The van der Waals surface area contributed by atoms with E-state index >= 15 is 0 Å². The molecule has 1 saturated carbocycles. The van der Waals surface area contributed by atoms with E-state index in [9.17, 15) is 13.2 Å². The van der Waals surface area contributed by atoms with Crippen LogP contribution in [0.5, 0.6) is 0 Å². The molecule has 0 spiro atoms. The minimum Gasteiger partial charge on any atom is -0.481 e. The average Bonchev–Trinajstić information content (AvgIpc) is 2.49. The Bertz CT molecular complexity index is 348. The molecule has 5 nitrogen and oxygen atoms in total. The molecule has 0 aliphatic heterocycles. The van der Waals surface area contributed by atoms with Gasteiger partial charge in [-0.15, -0.1) is 0 Å². The zero-order valence-electron chi connectivity index (χ0n) is 8.89. The molecule has 0 radical (unpaired) electrons. The van der Waals surface area contributed by atoms with E-state index in [0.29, 0.717) is 12.8 Å². The van der Waals surface area contributed by atoms with Crippen LogP contribution in [0, 0.1) is 5.41 Å². The average molecular weight is 236 g/mol. The van der Waals surface area contributed by atoms with Crippen molar-refractivity contribution in [3.63, 3.8) is 0 Å². The highest BCUT2D eigenvalue weighted by atomic mass is 32.2. The Morgan fingerprint density at radius 3 is 2.53 bits per heavy atom. The van der Waals surface area contributed by atoms with Gasteiger partial charge in [0.15, 0.2) is 0 Å². The summed E-state index contributed by atoms with van der Waals surface area (Å²) in [5.41, 5.74) is -1.01. The predicted octanol–water partition coefficient (Wildman–Crippen LogP) is 0.301. The van der Waals surface area contributed by atoms with Crippen molar-refractivity contribution in [2.24, 2.45) is 5.41 Å². The van der Waals surface area contributed by atoms with Crippen LogP contribution in [0.4, 0.5) is 0 Å². The van der Waals surface area contributed by atoms with Crippen LogP contribution >= 0.6 is 0 Å². The minimum absolute atomic E-state index is 0.0777. The molecule has 0 saturated heterocycles. The number of rotatable bonds is 4. The van der Waals surface area contributed by atoms with Gasteiger partial charge in [-0.1, -0.05) is 0 Å². The van der Waals surface area contributed by atoms with Crippen LogP contribution in [-0.2, 0) is 19.4 Å². The maximum absolute atomic E-state index is 11.3. The molecule has 6 heteroatoms. The molecule has 0 bridgehead atoms. The second-order valence-electron chi connectivity index (χ2n) is 4.21. The smallest absolute Gasteiger partial charge is 0.312 e. The monoisotopic (exact) mass is 236 g/mol. The quantitative estimate of drug-likeness (QED) is 0.759. The first-order chi connectivity index (χ1) is 6.82. The number of methoxy groups -OCH3 is 1. The topological polar surface area (TPSA) is 80.7 Å². The summed E-state index contributed by atoms with van der Waals surface area (Å²) >= 11 is 0. The van der Waals surface area contributed by atoms with Crippen LogP contribution in [-0.4, -0.2) is 44.7 Å². The number of carboxylic acid groups (broad SMARTS) is 1. The predicted molar refractivity (Wildman–Crippen MR) is 54.4 cm³/mol. The Hall–Kier alpha value is -0.620. The Kier molecular flexibility index (Phi) is 3.40. The molecule has 15 heavy (non-hydrogen) atoms. The molecule has 0 amide bonds. The number of sulfone groups is 1. The Balaban J connectivity index is 2.86. The summed E-state index contributed by atoms with van der Waals surface area (Å²) in [4.78, 5) is 11.1. The van der Waals surface area contributed by atoms with Gasteiger partial charge < -0.3 is 9.84 Å². The Labute approximate surface area is 89.3 Å². The highest BCUT2D eigenvalue weighted by Gasteiger charge is 2.48. The lowest BCUT2D eigenvalue weighted by Gasteiger charge is -2.22. The molecule has 0 unspecified atom stereocenters. The number of carboxylic acids is 1. The first kappa shape index (κ1) is 12.4. The third-order valence-electron chi connectivity index (χ3n) is 3.04. The molecule has 1 aliphatic rings. The van der Waals surface area contributed by atoms with Crippen molar-refractivity contribution in [3.05, 3.63) is 0 Å². The molecule has 1 N–H and O–H groups in total. The third kappa shape index (κ3) is 2.49. The van der Waals surface area contributed by atoms with Gasteiger partial charge in [-0.25, -0.2) is 8.42 Å². The number of hydrogen-bond donors (Lipinski definition) is 1. The van der Waals surface area contributed by atoms with Crippen molar-refractivity contribution in [2.75, 3.05) is 20.0 Å². The van der Waals surface area contributed by atoms with Gasteiger partial charge >= 0.3 is 5.97 Å². The second kappa shape index (κ2) is 4.09. The highest BCUT2D eigenvalue weighted by molar-refractivity contribution is 7.91. The molecule has 88 valence electrons. The summed E-state index contributed by atoms with van der Waals surface area (Å²) in [6.45, 7) is 0.0777. The zero-order valence-corrected chi connectivity index (χ0v) is 9.71. The summed E-state index contributed by atoms with van der Waals surface area (Å²) in [5.74, 6) is -0.962. The Morgan fingerprint density at radius 2 is 2.20 bits per heavy atom. The molecule has 1 aliphatic carbocycles. The summed E-state index contributed by atoms with van der Waals surface area (Å²) in [7, 11) is -1.72. The van der Waals surface area contributed by atoms with E-state index in [1.54, 1.807) is 0 Å². The third-order valence-corrected chi connectivity index (χ3v) is 4.66.